The first-order valence-electron chi connectivity index (χ1n) is 11.9. The molecule has 0 bridgehead atoms. The van der Waals surface area contributed by atoms with Crippen LogP contribution in [0, 0.1) is 0 Å². The zero-order valence-electron chi connectivity index (χ0n) is 18.2. The fraction of sp³-hybridized carbons (Fsp3) is 0.161. The number of hydrogen-bond acceptors (Lipinski definition) is 0. The van der Waals surface area contributed by atoms with Crippen LogP contribution in [-0.4, -0.2) is 10.8 Å². The fourth-order valence-corrected chi connectivity index (χ4v) is 7.60. The van der Waals surface area contributed by atoms with Gasteiger partial charge in [-0.05, 0) is 57.9 Å². The summed E-state index contributed by atoms with van der Waals surface area (Å²) < 4.78 is 5.03. The number of benzene rings is 3. The summed E-state index contributed by atoms with van der Waals surface area (Å²) in [7, 11) is 0. The smallest absolute Gasteiger partial charge is 0.287 e. The van der Waals surface area contributed by atoms with E-state index in [-0.39, 0.29) is 5.92 Å². The van der Waals surface area contributed by atoms with Gasteiger partial charge in [-0.15, -0.1) is 11.1 Å². The average molecular weight is 422 g/mol. The molecule has 3 aliphatic heterocycles. The van der Waals surface area contributed by atoms with Gasteiger partial charge >= 0.3 is 5.66 Å². The van der Waals surface area contributed by atoms with E-state index in [1.54, 1.807) is 0 Å². The lowest BCUT2D eigenvalue weighted by atomic mass is 9.64. The standard InChI is InChI=1S/C31H21N2/c1-18-27-11-5-9-24-16-22-8-4-7-21-15-23-13-12-20-14-19-6-2-3-10-25(19)26-17-32(18)31(29(21)22,33(24)27)30(23)28(20)26/h2-13,26H,1,14-16H2/q+1. The molecule has 4 aromatic rings. The molecule has 0 radical (unpaired) electrons. The zero-order valence-corrected chi connectivity index (χ0v) is 18.2. The lowest BCUT2D eigenvalue weighted by Gasteiger charge is -2.43. The van der Waals surface area contributed by atoms with Crippen molar-refractivity contribution < 1.29 is 9.14 Å². The molecule has 154 valence electrons. The summed E-state index contributed by atoms with van der Waals surface area (Å²) >= 11 is 0. The molecule has 33 heavy (non-hydrogen) atoms. The summed E-state index contributed by atoms with van der Waals surface area (Å²) in [6.07, 6.45) is 7.00. The number of pyridine rings is 1. The van der Waals surface area contributed by atoms with Crippen LogP contribution in [0.2, 0.25) is 0 Å². The van der Waals surface area contributed by atoms with Gasteiger partial charge in [-0.3, -0.25) is 4.58 Å². The van der Waals surface area contributed by atoms with Crippen LogP contribution in [0.5, 0.6) is 0 Å². The van der Waals surface area contributed by atoms with Crippen molar-refractivity contribution in [2.75, 3.05) is 0 Å². The first kappa shape index (κ1) is 16.8. The van der Waals surface area contributed by atoms with Gasteiger partial charge in [-0.2, -0.15) is 0 Å². The first-order chi connectivity index (χ1) is 16.3. The van der Waals surface area contributed by atoms with Crippen molar-refractivity contribution >= 4 is 11.9 Å². The monoisotopic (exact) mass is 421 g/mol. The molecular formula is C31H21N2+. The third-order valence-corrected chi connectivity index (χ3v) is 8.69. The molecule has 2 heteroatoms. The van der Waals surface area contributed by atoms with Gasteiger partial charge in [0.15, 0.2) is 5.69 Å². The normalized spacial score (nSPS) is 23.5. The van der Waals surface area contributed by atoms with Crippen molar-refractivity contribution in [1.29, 1.82) is 0 Å². The molecule has 0 saturated heterocycles. The number of hydrogen-bond donors (Lipinski definition) is 0. The molecule has 5 aliphatic rings. The van der Waals surface area contributed by atoms with E-state index in [0.29, 0.717) is 0 Å². The topological polar surface area (TPSA) is 6.89 Å². The second kappa shape index (κ2) is 5.23. The minimum Gasteiger partial charge on any atom is -0.287 e. The van der Waals surface area contributed by atoms with Gasteiger partial charge in [0.25, 0.3) is 0 Å². The summed E-state index contributed by atoms with van der Waals surface area (Å²) in [5, 5.41) is 0. The number of aromatic nitrogens is 1. The highest BCUT2D eigenvalue weighted by molar-refractivity contribution is 5.81. The Morgan fingerprint density at radius 1 is 0.727 bits per heavy atom. The van der Waals surface area contributed by atoms with E-state index in [9.17, 15) is 0 Å². The van der Waals surface area contributed by atoms with Gasteiger partial charge in [0.2, 0.25) is 5.69 Å². The summed E-state index contributed by atoms with van der Waals surface area (Å²) in [6, 6.07) is 27.4. The van der Waals surface area contributed by atoms with Crippen LogP contribution in [-0.2, 0) is 24.9 Å². The molecular weight excluding hydrogens is 400 g/mol. The molecule has 4 heterocycles. The van der Waals surface area contributed by atoms with E-state index >= 15 is 0 Å². The zero-order chi connectivity index (χ0) is 21.5. The van der Waals surface area contributed by atoms with Gasteiger partial charge in [0.05, 0.1) is 6.42 Å². The molecule has 2 unspecified atom stereocenters. The molecule has 2 atom stereocenters. The van der Waals surface area contributed by atoms with Crippen LogP contribution in [0.4, 0.5) is 0 Å². The van der Waals surface area contributed by atoms with Crippen LogP contribution in [0.25, 0.3) is 5.70 Å². The van der Waals surface area contributed by atoms with Crippen molar-refractivity contribution in [3.63, 3.8) is 0 Å². The van der Waals surface area contributed by atoms with Crippen molar-refractivity contribution in [1.82, 2.24) is 0 Å². The molecule has 1 aromatic heterocycles. The largest absolute Gasteiger partial charge is 0.385 e. The molecule has 2 nitrogen and oxygen atoms in total. The third kappa shape index (κ3) is 1.66. The number of rotatable bonds is 0. The quantitative estimate of drug-likeness (QED) is 0.291. The second-order valence-electron chi connectivity index (χ2n) is 10.1. The SMILES string of the molecule is C=C1c2cccc3[n+]2C24c5c(cccc5C3)Cc3ccc5c(c32)C([C-]=[N+]14)c1ccccc1C5. The minimum atomic E-state index is -0.394. The number of nitrogens with zero attached hydrogens (tertiary/aromatic N) is 2. The van der Waals surface area contributed by atoms with Crippen molar-refractivity contribution in [3.8, 4) is 0 Å². The maximum Gasteiger partial charge on any atom is 0.385 e. The summed E-state index contributed by atoms with van der Waals surface area (Å²) in [5.74, 6) is 0.149. The Balaban J connectivity index is 1.53. The highest BCUT2D eigenvalue weighted by Crippen LogP contribution is 2.55. The second-order valence-corrected chi connectivity index (χ2v) is 10.1. The third-order valence-electron chi connectivity index (χ3n) is 8.69. The van der Waals surface area contributed by atoms with Crippen LogP contribution in [0.3, 0.4) is 0 Å². The van der Waals surface area contributed by atoms with E-state index in [4.69, 9.17) is 0 Å². The molecule has 0 amide bonds. The van der Waals surface area contributed by atoms with E-state index in [1.807, 2.05) is 0 Å². The van der Waals surface area contributed by atoms with Gasteiger partial charge < -0.3 is 0 Å². The Bertz CT molecular complexity index is 1660. The lowest BCUT2D eigenvalue weighted by molar-refractivity contribution is -0.865. The molecule has 9 rings (SSSR count). The Labute approximate surface area is 192 Å². The summed E-state index contributed by atoms with van der Waals surface area (Å²) in [6.45, 7) is 4.64. The maximum absolute atomic E-state index is 4.64. The van der Waals surface area contributed by atoms with E-state index in [1.165, 1.54) is 61.5 Å². The molecule has 3 aromatic carbocycles. The minimum absolute atomic E-state index is 0.149. The van der Waals surface area contributed by atoms with E-state index in [0.717, 1.165) is 25.0 Å². The van der Waals surface area contributed by atoms with Gasteiger partial charge in [0.1, 0.15) is 16.8 Å². The lowest BCUT2D eigenvalue weighted by Crippen LogP contribution is -2.67. The van der Waals surface area contributed by atoms with Gasteiger partial charge in [-0.25, -0.2) is 0 Å². The van der Waals surface area contributed by atoms with Gasteiger partial charge in [0, 0.05) is 18.2 Å². The summed E-state index contributed by atoms with van der Waals surface area (Å²) in [4.78, 5) is 0. The first-order valence-corrected chi connectivity index (χ1v) is 11.9. The Morgan fingerprint density at radius 3 is 2.39 bits per heavy atom. The Hall–Kier alpha value is -3.78. The molecule has 0 saturated carbocycles. The predicted molar refractivity (Wildman–Crippen MR) is 127 cm³/mol. The van der Waals surface area contributed by atoms with Crippen molar-refractivity contribution in [2.45, 2.75) is 30.8 Å². The highest BCUT2D eigenvalue weighted by atomic mass is 15.4. The Kier molecular flexibility index (Phi) is 2.66. The maximum atomic E-state index is 4.64. The van der Waals surface area contributed by atoms with Crippen LogP contribution < -0.4 is 4.57 Å². The molecule has 0 N–H and O–H groups in total. The number of fused-ring (bicyclic) bond motifs is 2. The van der Waals surface area contributed by atoms with Crippen molar-refractivity contribution in [3.05, 3.63) is 141 Å². The van der Waals surface area contributed by atoms with Crippen LogP contribution >= 0.6 is 0 Å². The predicted octanol–water partition coefficient (Wildman–Crippen LogP) is 4.53. The molecule has 1 spiro atoms. The van der Waals surface area contributed by atoms with Crippen molar-refractivity contribution in [2.24, 2.45) is 0 Å². The average Bonchev–Trinajstić information content (AvgIpc) is 3.10. The summed E-state index contributed by atoms with van der Waals surface area (Å²) in [5.41, 5.74) is 16.4. The molecule has 2 aliphatic carbocycles. The highest BCUT2D eigenvalue weighted by Gasteiger charge is 2.68. The van der Waals surface area contributed by atoms with E-state index in [2.05, 4.69) is 94.7 Å². The fourth-order valence-electron chi connectivity index (χ4n) is 7.60. The Morgan fingerprint density at radius 2 is 1.45 bits per heavy atom. The van der Waals surface area contributed by atoms with Gasteiger partial charge in [-0.1, -0.05) is 60.7 Å². The van der Waals surface area contributed by atoms with Crippen LogP contribution in [0.15, 0.2) is 79.4 Å². The molecule has 0 fully saturated rings. The van der Waals surface area contributed by atoms with Crippen LogP contribution in [0.1, 0.15) is 67.4 Å². The van der Waals surface area contributed by atoms with E-state index < -0.39 is 5.66 Å².